The van der Waals surface area contributed by atoms with Crippen molar-refractivity contribution in [2.45, 2.75) is 44.7 Å². The van der Waals surface area contributed by atoms with Gasteiger partial charge >= 0.3 is 0 Å². The van der Waals surface area contributed by atoms with Crippen molar-refractivity contribution in [1.82, 2.24) is 5.32 Å². The van der Waals surface area contributed by atoms with Crippen LogP contribution in [0.4, 0.5) is 0 Å². The third-order valence-corrected chi connectivity index (χ3v) is 3.61. The van der Waals surface area contributed by atoms with E-state index >= 15 is 0 Å². The highest BCUT2D eigenvalue weighted by Crippen LogP contribution is 2.13. The van der Waals surface area contributed by atoms with E-state index in [2.05, 4.69) is 41.2 Å². The second-order valence-electron chi connectivity index (χ2n) is 4.37. The summed E-state index contributed by atoms with van der Waals surface area (Å²) in [4.78, 5) is 0. The van der Waals surface area contributed by atoms with Crippen LogP contribution in [0.15, 0.2) is 29.0 Å². The Kier molecular flexibility index (Phi) is 3.98. The zero-order valence-corrected chi connectivity index (χ0v) is 10.1. The molecule has 1 nitrogen and oxygen atoms in total. The fourth-order valence-electron chi connectivity index (χ4n) is 2.14. The van der Waals surface area contributed by atoms with Gasteiger partial charge in [-0.15, -0.1) is 0 Å². The van der Waals surface area contributed by atoms with Gasteiger partial charge in [-0.2, -0.15) is 11.3 Å². The van der Waals surface area contributed by atoms with Crippen molar-refractivity contribution in [2.24, 2.45) is 0 Å². The third-order valence-electron chi connectivity index (χ3n) is 2.87. The molecular weight excluding hydrogens is 202 g/mol. The fourth-order valence-corrected chi connectivity index (χ4v) is 2.82. The molecule has 0 saturated carbocycles. The Hall–Kier alpha value is -0.600. The Morgan fingerprint density at radius 2 is 2.53 bits per heavy atom. The van der Waals surface area contributed by atoms with Crippen LogP contribution in [0.2, 0.25) is 0 Å². The van der Waals surface area contributed by atoms with Gasteiger partial charge in [0.2, 0.25) is 0 Å². The van der Waals surface area contributed by atoms with Crippen molar-refractivity contribution < 1.29 is 0 Å². The zero-order chi connectivity index (χ0) is 10.5. The SMILES string of the molecule is CC(Cc1ccsc1)NC1C=CCCC1. The standard InChI is InChI=1S/C13H19NS/c1-11(9-12-7-8-15-10-12)14-13-5-3-2-4-6-13/h3,5,7-8,10-11,13-14H,2,4,6,9H2,1H3. The van der Waals surface area contributed by atoms with Crippen LogP contribution >= 0.6 is 11.3 Å². The zero-order valence-electron chi connectivity index (χ0n) is 9.28. The molecule has 2 heteroatoms. The number of rotatable bonds is 4. The molecule has 0 bridgehead atoms. The highest BCUT2D eigenvalue weighted by molar-refractivity contribution is 7.07. The molecule has 0 radical (unpaired) electrons. The minimum atomic E-state index is 0.576. The first-order valence-electron chi connectivity index (χ1n) is 5.78. The van der Waals surface area contributed by atoms with Gasteiger partial charge in [0.1, 0.15) is 0 Å². The van der Waals surface area contributed by atoms with Crippen molar-refractivity contribution in [3.05, 3.63) is 34.5 Å². The second kappa shape index (κ2) is 5.47. The lowest BCUT2D eigenvalue weighted by atomic mass is 10.0. The molecule has 0 saturated heterocycles. The summed E-state index contributed by atoms with van der Waals surface area (Å²) in [6.07, 6.45) is 9.67. The first kappa shape index (κ1) is 10.9. The van der Waals surface area contributed by atoms with E-state index in [4.69, 9.17) is 0 Å². The largest absolute Gasteiger partial charge is 0.308 e. The smallest absolute Gasteiger partial charge is 0.0252 e. The maximum Gasteiger partial charge on any atom is 0.0252 e. The van der Waals surface area contributed by atoms with E-state index in [0.29, 0.717) is 12.1 Å². The first-order chi connectivity index (χ1) is 7.34. The van der Waals surface area contributed by atoms with E-state index in [9.17, 15) is 0 Å². The van der Waals surface area contributed by atoms with Gasteiger partial charge in [-0.25, -0.2) is 0 Å². The summed E-state index contributed by atoms with van der Waals surface area (Å²) >= 11 is 1.79. The van der Waals surface area contributed by atoms with Crippen LogP contribution in [0.3, 0.4) is 0 Å². The van der Waals surface area contributed by atoms with Gasteiger partial charge in [-0.3, -0.25) is 0 Å². The fraction of sp³-hybridized carbons (Fsp3) is 0.538. The van der Waals surface area contributed by atoms with Crippen LogP contribution in [0.25, 0.3) is 0 Å². The van der Waals surface area contributed by atoms with Gasteiger partial charge in [0, 0.05) is 12.1 Å². The van der Waals surface area contributed by atoms with Gasteiger partial charge in [0.05, 0.1) is 0 Å². The molecule has 1 aliphatic rings. The molecule has 0 aromatic carbocycles. The summed E-state index contributed by atoms with van der Waals surface area (Å²) in [5.74, 6) is 0. The van der Waals surface area contributed by atoms with Gasteiger partial charge in [0.25, 0.3) is 0 Å². The molecule has 0 amide bonds. The lowest BCUT2D eigenvalue weighted by molar-refractivity contribution is 0.455. The molecule has 0 fully saturated rings. The quantitative estimate of drug-likeness (QED) is 0.769. The Morgan fingerprint density at radius 1 is 1.60 bits per heavy atom. The molecule has 1 heterocycles. The number of allylic oxidation sites excluding steroid dienone is 1. The minimum absolute atomic E-state index is 0.576. The van der Waals surface area contributed by atoms with Gasteiger partial charge in [-0.05, 0) is 55.0 Å². The molecule has 0 aliphatic heterocycles. The summed E-state index contributed by atoms with van der Waals surface area (Å²) in [6.45, 7) is 2.28. The maximum absolute atomic E-state index is 3.67. The highest BCUT2D eigenvalue weighted by Gasteiger charge is 2.11. The number of nitrogens with one attached hydrogen (secondary N) is 1. The van der Waals surface area contributed by atoms with Crippen molar-refractivity contribution in [3.63, 3.8) is 0 Å². The van der Waals surface area contributed by atoms with Crippen molar-refractivity contribution >= 4 is 11.3 Å². The van der Waals surface area contributed by atoms with E-state index in [1.54, 1.807) is 11.3 Å². The molecule has 0 spiro atoms. The molecule has 1 aliphatic carbocycles. The van der Waals surface area contributed by atoms with E-state index in [1.165, 1.54) is 24.8 Å². The summed E-state index contributed by atoms with van der Waals surface area (Å²) in [5.41, 5.74) is 1.46. The third kappa shape index (κ3) is 3.47. The molecule has 2 atom stereocenters. The maximum atomic E-state index is 3.67. The Bertz CT molecular complexity index is 302. The Balaban J connectivity index is 1.79. The molecule has 1 aromatic rings. The first-order valence-corrected chi connectivity index (χ1v) is 6.72. The summed E-state index contributed by atoms with van der Waals surface area (Å²) < 4.78 is 0. The normalized spacial score (nSPS) is 22.9. The van der Waals surface area contributed by atoms with Crippen LogP contribution in [0, 0.1) is 0 Å². The van der Waals surface area contributed by atoms with E-state index in [-0.39, 0.29) is 0 Å². The average Bonchev–Trinajstić information content (AvgIpc) is 2.71. The Labute approximate surface area is 96.2 Å². The van der Waals surface area contributed by atoms with Gasteiger partial charge < -0.3 is 5.32 Å². The van der Waals surface area contributed by atoms with E-state index in [1.807, 2.05) is 0 Å². The van der Waals surface area contributed by atoms with Crippen LogP contribution in [-0.2, 0) is 6.42 Å². The highest BCUT2D eigenvalue weighted by atomic mass is 32.1. The van der Waals surface area contributed by atoms with Crippen LogP contribution in [0.1, 0.15) is 31.7 Å². The molecule has 82 valence electrons. The van der Waals surface area contributed by atoms with E-state index < -0.39 is 0 Å². The Morgan fingerprint density at radius 3 is 3.20 bits per heavy atom. The van der Waals surface area contributed by atoms with Crippen molar-refractivity contribution in [2.75, 3.05) is 0 Å². The predicted molar refractivity (Wildman–Crippen MR) is 67.4 cm³/mol. The lowest BCUT2D eigenvalue weighted by Crippen LogP contribution is -2.37. The summed E-state index contributed by atoms with van der Waals surface area (Å²) in [6, 6.07) is 3.40. The van der Waals surface area contributed by atoms with E-state index in [0.717, 1.165) is 6.42 Å². The summed E-state index contributed by atoms with van der Waals surface area (Å²) in [7, 11) is 0. The van der Waals surface area contributed by atoms with Crippen LogP contribution in [-0.4, -0.2) is 12.1 Å². The monoisotopic (exact) mass is 221 g/mol. The number of hydrogen-bond donors (Lipinski definition) is 1. The molecule has 15 heavy (non-hydrogen) atoms. The topological polar surface area (TPSA) is 12.0 Å². The minimum Gasteiger partial charge on any atom is -0.308 e. The lowest BCUT2D eigenvalue weighted by Gasteiger charge is -2.22. The predicted octanol–water partition coefficient (Wildman–Crippen LogP) is 3.38. The number of hydrogen-bond acceptors (Lipinski definition) is 2. The van der Waals surface area contributed by atoms with Gasteiger partial charge in [0.15, 0.2) is 0 Å². The van der Waals surface area contributed by atoms with Crippen molar-refractivity contribution in [1.29, 1.82) is 0 Å². The summed E-state index contributed by atoms with van der Waals surface area (Å²) in [5, 5.41) is 8.08. The van der Waals surface area contributed by atoms with Gasteiger partial charge in [-0.1, -0.05) is 12.2 Å². The number of thiophene rings is 1. The van der Waals surface area contributed by atoms with Crippen LogP contribution < -0.4 is 5.32 Å². The van der Waals surface area contributed by atoms with Crippen LogP contribution in [0.5, 0.6) is 0 Å². The second-order valence-corrected chi connectivity index (χ2v) is 5.15. The average molecular weight is 221 g/mol. The molecular formula is C13H19NS. The molecule has 2 unspecified atom stereocenters. The molecule has 1 aromatic heterocycles. The molecule has 1 N–H and O–H groups in total. The van der Waals surface area contributed by atoms with Crippen molar-refractivity contribution in [3.8, 4) is 0 Å². The molecule has 2 rings (SSSR count).